The minimum absolute atomic E-state index is 0.272. The van der Waals surface area contributed by atoms with Gasteiger partial charge in [-0.05, 0) is 45.3 Å². The lowest BCUT2D eigenvalue weighted by atomic mass is 9.96. The van der Waals surface area contributed by atoms with E-state index in [1.54, 1.807) is 0 Å². The maximum atomic E-state index is 11.6. The Hall–Kier alpha value is -0.650. The van der Waals surface area contributed by atoms with Crippen LogP contribution in [0.1, 0.15) is 25.7 Å². The Morgan fingerprint density at radius 3 is 2.60 bits per heavy atom. The molecule has 20 heavy (non-hydrogen) atoms. The molecular formula is C15H29N3O2. The Balaban J connectivity index is 1.60. The summed E-state index contributed by atoms with van der Waals surface area (Å²) in [6.07, 6.45) is 4.23. The minimum Gasteiger partial charge on any atom is -0.395 e. The standard InChI is InChI=1S/C15H29N3O2/c1-16(9-10-18-6-2-3-15(18)20)13-14-4-7-17(8-5-14)11-12-19/h14,19H,2-13H2,1H3. The van der Waals surface area contributed by atoms with Gasteiger partial charge in [-0.2, -0.15) is 0 Å². The number of carbonyl (C=O) groups is 1. The van der Waals surface area contributed by atoms with E-state index in [9.17, 15) is 4.79 Å². The van der Waals surface area contributed by atoms with E-state index in [4.69, 9.17) is 5.11 Å². The fourth-order valence-corrected chi connectivity index (χ4v) is 3.30. The molecule has 0 saturated carbocycles. The molecule has 0 spiro atoms. The summed E-state index contributed by atoms with van der Waals surface area (Å²) in [5, 5.41) is 8.94. The van der Waals surface area contributed by atoms with Crippen LogP contribution in [-0.2, 0) is 4.79 Å². The van der Waals surface area contributed by atoms with Crippen molar-refractivity contribution in [2.24, 2.45) is 5.92 Å². The molecule has 5 heteroatoms. The molecular weight excluding hydrogens is 254 g/mol. The highest BCUT2D eigenvalue weighted by Gasteiger charge is 2.22. The number of rotatable bonds is 7. The highest BCUT2D eigenvalue weighted by molar-refractivity contribution is 5.78. The maximum Gasteiger partial charge on any atom is 0.222 e. The van der Waals surface area contributed by atoms with E-state index < -0.39 is 0 Å². The minimum atomic E-state index is 0.272. The summed E-state index contributed by atoms with van der Waals surface area (Å²) in [4.78, 5) is 18.3. The van der Waals surface area contributed by atoms with E-state index in [1.807, 2.05) is 4.90 Å². The molecule has 2 saturated heterocycles. The fraction of sp³-hybridized carbons (Fsp3) is 0.933. The number of likely N-dealkylation sites (tertiary alicyclic amines) is 2. The Morgan fingerprint density at radius 2 is 2.00 bits per heavy atom. The van der Waals surface area contributed by atoms with Crippen LogP contribution >= 0.6 is 0 Å². The summed E-state index contributed by atoms with van der Waals surface area (Å²) in [5.41, 5.74) is 0. The second-order valence-electron chi connectivity index (χ2n) is 6.26. The van der Waals surface area contributed by atoms with Gasteiger partial charge in [-0.25, -0.2) is 0 Å². The molecule has 0 unspecified atom stereocenters. The number of piperidine rings is 1. The van der Waals surface area contributed by atoms with Gasteiger partial charge in [0, 0.05) is 39.1 Å². The van der Waals surface area contributed by atoms with Crippen molar-refractivity contribution in [2.75, 3.05) is 59.5 Å². The third kappa shape index (κ3) is 4.72. The second kappa shape index (κ2) is 7.96. The predicted molar refractivity (Wildman–Crippen MR) is 79.6 cm³/mol. The molecule has 1 N–H and O–H groups in total. The molecule has 0 bridgehead atoms. The Labute approximate surface area is 122 Å². The molecule has 0 radical (unpaired) electrons. The lowest BCUT2D eigenvalue weighted by molar-refractivity contribution is -0.127. The van der Waals surface area contributed by atoms with Gasteiger partial charge in [-0.3, -0.25) is 4.79 Å². The number of hydrogen-bond acceptors (Lipinski definition) is 4. The summed E-state index contributed by atoms with van der Waals surface area (Å²) >= 11 is 0. The van der Waals surface area contributed by atoms with Crippen molar-refractivity contribution in [1.82, 2.24) is 14.7 Å². The van der Waals surface area contributed by atoms with Gasteiger partial charge in [-0.15, -0.1) is 0 Å². The molecule has 2 rings (SSSR count). The molecule has 2 aliphatic heterocycles. The number of carbonyl (C=O) groups excluding carboxylic acids is 1. The summed E-state index contributed by atoms with van der Waals surface area (Å²) < 4.78 is 0. The monoisotopic (exact) mass is 283 g/mol. The second-order valence-corrected chi connectivity index (χ2v) is 6.26. The molecule has 2 heterocycles. The van der Waals surface area contributed by atoms with Crippen LogP contribution in [0.25, 0.3) is 0 Å². The van der Waals surface area contributed by atoms with E-state index in [2.05, 4.69) is 16.8 Å². The van der Waals surface area contributed by atoms with Crippen molar-refractivity contribution in [2.45, 2.75) is 25.7 Å². The van der Waals surface area contributed by atoms with E-state index in [-0.39, 0.29) is 6.61 Å². The van der Waals surface area contributed by atoms with Crippen LogP contribution in [-0.4, -0.2) is 85.2 Å². The Bertz CT molecular complexity index is 303. The smallest absolute Gasteiger partial charge is 0.222 e. The van der Waals surface area contributed by atoms with Crippen molar-refractivity contribution in [3.8, 4) is 0 Å². The molecule has 2 aliphatic rings. The normalized spacial score (nSPS) is 22.1. The summed E-state index contributed by atoms with van der Waals surface area (Å²) in [5.74, 6) is 1.10. The molecule has 5 nitrogen and oxygen atoms in total. The predicted octanol–water partition coefficient (Wildman–Crippen LogP) is 0.245. The van der Waals surface area contributed by atoms with Gasteiger partial charge >= 0.3 is 0 Å². The average molecular weight is 283 g/mol. The van der Waals surface area contributed by atoms with Crippen molar-refractivity contribution in [3.05, 3.63) is 0 Å². The van der Waals surface area contributed by atoms with Crippen LogP contribution < -0.4 is 0 Å². The van der Waals surface area contributed by atoms with Crippen molar-refractivity contribution in [1.29, 1.82) is 0 Å². The molecule has 0 aromatic heterocycles. The van der Waals surface area contributed by atoms with Gasteiger partial charge in [0.05, 0.1) is 6.61 Å². The number of aliphatic hydroxyl groups excluding tert-OH is 1. The molecule has 0 aromatic carbocycles. The van der Waals surface area contributed by atoms with Gasteiger partial charge in [0.1, 0.15) is 0 Å². The van der Waals surface area contributed by atoms with Gasteiger partial charge in [0.2, 0.25) is 5.91 Å². The van der Waals surface area contributed by atoms with E-state index >= 15 is 0 Å². The highest BCUT2D eigenvalue weighted by atomic mass is 16.3. The molecule has 116 valence electrons. The van der Waals surface area contributed by atoms with Crippen molar-refractivity contribution < 1.29 is 9.90 Å². The first-order valence-electron chi connectivity index (χ1n) is 7.98. The van der Waals surface area contributed by atoms with Gasteiger partial charge in [-0.1, -0.05) is 0 Å². The zero-order chi connectivity index (χ0) is 14.4. The largest absolute Gasteiger partial charge is 0.395 e. The van der Waals surface area contributed by atoms with Crippen molar-refractivity contribution >= 4 is 5.91 Å². The lowest BCUT2D eigenvalue weighted by Gasteiger charge is -2.33. The number of hydrogen-bond donors (Lipinski definition) is 1. The van der Waals surface area contributed by atoms with Crippen LogP contribution in [0.15, 0.2) is 0 Å². The molecule has 0 aliphatic carbocycles. The number of β-amino-alcohol motifs (C(OH)–C–C–N with tert-alkyl or cyclic N) is 1. The van der Waals surface area contributed by atoms with Crippen LogP contribution in [0.4, 0.5) is 0 Å². The number of likely N-dealkylation sites (N-methyl/N-ethyl adjacent to an activating group) is 1. The van der Waals surface area contributed by atoms with Crippen LogP contribution in [0.5, 0.6) is 0 Å². The van der Waals surface area contributed by atoms with Crippen LogP contribution in [0.2, 0.25) is 0 Å². The highest BCUT2D eigenvalue weighted by Crippen LogP contribution is 2.18. The number of nitrogens with zero attached hydrogens (tertiary/aromatic N) is 3. The van der Waals surface area contributed by atoms with Gasteiger partial charge in [0.15, 0.2) is 0 Å². The van der Waals surface area contributed by atoms with Crippen molar-refractivity contribution in [3.63, 3.8) is 0 Å². The fourth-order valence-electron chi connectivity index (χ4n) is 3.30. The quantitative estimate of drug-likeness (QED) is 0.727. The third-order valence-electron chi connectivity index (χ3n) is 4.62. The first-order valence-corrected chi connectivity index (χ1v) is 7.98. The number of amides is 1. The molecule has 1 amide bonds. The summed E-state index contributed by atoms with van der Waals surface area (Å²) in [7, 11) is 2.17. The van der Waals surface area contributed by atoms with E-state index in [0.29, 0.717) is 5.91 Å². The SMILES string of the molecule is CN(CCN1CCCC1=O)CC1CCN(CCO)CC1. The van der Waals surface area contributed by atoms with E-state index in [1.165, 1.54) is 12.8 Å². The molecule has 2 fully saturated rings. The topological polar surface area (TPSA) is 47.0 Å². The summed E-state index contributed by atoms with van der Waals surface area (Å²) in [6.45, 7) is 7.28. The summed E-state index contributed by atoms with van der Waals surface area (Å²) in [6, 6.07) is 0. The first-order chi connectivity index (χ1) is 9.69. The molecule has 0 atom stereocenters. The van der Waals surface area contributed by atoms with Gasteiger partial charge in [0.25, 0.3) is 0 Å². The zero-order valence-corrected chi connectivity index (χ0v) is 12.8. The zero-order valence-electron chi connectivity index (χ0n) is 12.8. The van der Waals surface area contributed by atoms with Gasteiger partial charge < -0.3 is 19.8 Å². The number of aliphatic hydroxyl groups is 1. The first kappa shape index (κ1) is 15.7. The maximum absolute atomic E-state index is 11.6. The molecule has 0 aromatic rings. The van der Waals surface area contributed by atoms with Crippen LogP contribution in [0, 0.1) is 5.92 Å². The van der Waals surface area contributed by atoms with E-state index in [0.717, 1.165) is 64.6 Å². The lowest BCUT2D eigenvalue weighted by Crippen LogP contribution is -2.40. The third-order valence-corrected chi connectivity index (χ3v) is 4.62. The Kier molecular flexibility index (Phi) is 6.26. The Morgan fingerprint density at radius 1 is 1.25 bits per heavy atom. The average Bonchev–Trinajstić information content (AvgIpc) is 2.84. The van der Waals surface area contributed by atoms with Crippen LogP contribution in [0.3, 0.4) is 0 Å².